The molecule has 2 fully saturated rings. The lowest BCUT2D eigenvalue weighted by Crippen LogP contribution is -2.58. The topological polar surface area (TPSA) is 88.5 Å². The largest absolute Gasteiger partial charge is 0.508 e. The van der Waals surface area contributed by atoms with E-state index in [9.17, 15) is 9.90 Å². The highest BCUT2D eigenvalue weighted by molar-refractivity contribution is 5.68. The summed E-state index contributed by atoms with van der Waals surface area (Å²) in [6, 6.07) is 13.3. The molecule has 0 aromatic heterocycles. The highest BCUT2D eigenvalue weighted by atomic mass is 16.5. The molecule has 5 rings (SSSR count). The molecule has 0 spiro atoms. The Morgan fingerprint density at radius 1 is 1.21 bits per heavy atom. The predicted molar refractivity (Wildman–Crippen MR) is 122 cm³/mol. The van der Waals surface area contributed by atoms with Crippen molar-refractivity contribution in [3.8, 4) is 17.2 Å². The number of piperidine rings is 1. The zero-order chi connectivity index (χ0) is 23.2. The number of carboxylic acid groups (broad SMARTS) is 1. The van der Waals surface area contributed by atoms with Crippen molar-refractivity contribution >= 4 is 5.97 Å². The molecule has 4 atom stereocenters. The second-order valence-corrected chi connectivity index (χ2v) is 9.87. The summed E-state index contributed by atoms with van der Waals surface area (Å²) in [7, 11) is 0. The summed E-state index contributed by atoms with van der Waals surface area (Å²) in [6.07, 6.45) is 3.24. The molecule has 0 bridgehead atoms. The highest BCUT2D eigenvalue weighted by Gasteiger charge is 2.52. The number of phenolic OH excluding ortho intramolecular Hbond substituents is 1. The molecule has 0 amide bonds. The molecular formula is C26H31NO6. The lowest BCUT2D eigenvalue weighted by Gasteiger charge is -2.54. The Morgan fingerprint density at radius 2 is 2.00 bits per heavy atom. The summed E-state index contributed by atoms with van der Waals surface area (Å²) in [5.74, 6) is 0.719. The Balaban J connectivity index is 1.33. The molecular weight excluding hydrogens is 422 g/mol. The molecule has 3 aliphatic heterocycles. The first-order valence-electron chi connectivity index (χ1n) is 11.6. The van der Waals surface area contributed by atoms with Gasteiger partial charge in [0.2, 0.25) is 0 Å². The number of phenols is 1. The first-order valence-corrected chi connectivity index (χ1v) is 11.6. The first kappa shape index (κ1) is 22.0. The Kier molecular flexibility index (Phi) is 5.70. The van der Waals surface area contributed by atoms with Crippen LogP contribution in [0.2, 0.25) is 0 Å². The van der Waals surface area contributed by atoms with Crippen LogP contribution in [0.15, 0.2) is 42.5 Å². The summed E-state index contributed by atoms with van der Waals surface area (Å²) in [5, 5.41) is 18.7. The maximum Gasteiger partial charge on any atom is 0.341 e. The van der Waals surface area contributed by atoms with Crippen molar-refractivity contribution in [1.29, 1.82) is 0 Å². The Morgan fingerprint density at radius 3 is 2.76 bits per heavy atom. The quantitative estimate of drug-likeness (QED) is 0.703. The number of ether oxygens (including phenoxy) is 3. The highest BCUT2D eigenvalue weighted by Crippen LogP contribution is 2.53. The minimum absolute atomic E-state index is 0.0313. The molecule has 0 radical (unpaired) electrons. The molecule has 3 heterocycles. The van der Waals surface area contributed by atoms with E-state index in [1.165, 1.54) is 5.56 Å². The second-order valence-electron chi connectivity index (χ2n) is 9.87. The number of fused-ring (bicyclic) bond motifs is 4. The average Bonchev–Trinajstić information content (AvgIpc) is 2.77. The summed E-state index contributed by atoms with van der Waals surface area (Å²) in [4.78, 5) is 13.2. The number of carboxylic acids is 1. The van der Waals surface area contributed by atoms with Crippen LogP contribution in [0.5, 0.6) is 17.2 Å². The van der Waals surface area contributed by atoms with Gasteiger partial charge in [0.1, 0.15) is 22.8 Å². The molecule has 33 heavy (non-hydrogen) atoms. The van der Waals surface area contributed by atoms with Crippen LogP contribution in [-0.2, 0) is 16.1 Å². The summed E-state index contributed by atoms with van der Waals surface area (Å²) >= 11 is 0. The molecule has 3 aliphatic rings. The number of hydrogen-bond acceptors (Lipinski definition) is 6. The monoisotopic (exact) mass is 453 g/mol. The summed E-state index contributed by atoms with van der Waals surface area (Å²) in [5.41, 5.74) is 1.80. The number of hydrogen-bond donors (Lipinski definition) is 2. The maximum absolute atomic E-state index is 10.7. The number of aromatic hydroxyl groups is 1. The SMILES string of the molecule is CC1(C)Oc2cc(O)ccc2[C@H]2O[C@H]3CCCN(Cc4ccc(OCC(=O)O)cc4)[C@H]3C[C@@H]21. The van der Waals surface area contributed by atoms with Crippen molar-refractivity contribution in [2.24, 2.45) is 5.92 Å². The number of aliphatic carboxylic acids is 1. The molecule has 0 saturated carbocycles. The Labute approximate surface area is 193 Å². The van der Waals surface area contributed by atoms with Crippen LogP contribution in [0, 0.1) is 5.92 Å². The van der Waals surface area contributed by atoms with Gasteiger partial charge in [-0.2, -0.15) is 0 Å². The van der Waals surface area contributed by atoms with Gasteiger partial charge >= 0.3 is 5.97 Å². The van der Waals surface area contributed by atoms with Crippen molar-refractivity contribution in [3.63, 3.8) is 0 Å². The fraction of sp³-hybridized carbons (Fsp3) is 0.500. The number of benzene rings is 2. The molecule has 2 aromatic carbocycles. The van der Waals surface area contributed by atoms with Crippen LogP contribution in [0.1, 0.15) is 50.3 Å². The third-order valence-corrected chi connectivity index (χ3v) is 7.26. The van der Waals surface area contributed by atoms with E-state index < -0.39 is 11.6 Å². The molecule has 7 heteroatoms. The fourth-order valence-corrected chi connectivity index (χ4v) is 5.63. The fourth-order valence-electron chi connectivity index (χ4n) is 5.63. The zero-order valence-electron chi connectivity index (χ0n) is 19.1. The number of rotatable bonds is 5. The minimum Gasteiger partial charge on any atom is -0.508 e. The van der Waals surface area contributed by atoms with Gasteiger partial charge in [0, 0.05) is 30.1 Å². The van der Waals surface area contributed by atoms with Crippen molar-refractivity contribution in [2.75, 3.05) is 13.2 Å². The lowest BCUT2D eigenvalue weighted by molar-refractivity contribution is -0.190. The van der Waals surface area contributed by atoms with E-state index >= 15 is 0 Å². The van der Waals surface area contributed by atoms with Crippen LogP contribution in [0.4, 0.5) is 0 Å². The van der Waals surface area contributed by atoms with E-state index in [2.05, 4.69) is 18.7 Å². The van der Waals surface area contributed by atoms with Crippen molar-refractivity contribution in [3.05, 3.63) is 53.6 Å². The van der Waals surface area contributed by atoms with Crippen LogP contribution < -0.4 is 9.47 Å². The molecule has 2 saturated heterocycles. The molecule has 2 N–H and O–H groups in total. The average molecular weight is 454 g/mol. The minimum atomic E-state index is -0.983. The molecule has 176 valence electrons. The molecule has 0 aliphatic carbocycles. The van der Waals surface area contributed by atoms with Gasteiger partial charge in [-0.3, -0.25) is 4.90 Å². The third-order valence-electron chi connectivity index (χ3n) is 7.26. The van der Waals surface area contributed by atoms with E-state index in [1.807, 2.05) is 30.3 Å². The van der Waals surface area contributed by atoms with E-state index in [1.54, 1.807) is 12.1 Å². The molecule has 0 unspecified atom stereocenters. The van der Waals surface area contributed by atoms with Crippen LogP contribution >= 0.6 is 0 Å². The van der Waals surface area contributed by atoms with E-state index in [0.29, 0.717) is 11.8 Å². The van der Waals surface area contributed by atoms with E-state index in [-0.39, 0.29) is 30.5 Å². The Bertz CT molecular complexity index is 1020. The van der Waals surface area contributed by atoms with Gasteiger partial charge in [0.25, 0.3) is 0 Å². The number of carbonyl (C=O) groups is 1. The van der Waals surface area contributed by atoms with Gasteiger partial charge in [-0.05, 0) is 69.5 Å². The third kappa shape index (κ3) is 4.39. The maximum atomic E-state index is 10.7. The van der Waals surface area contributed by atoms with Gasteiger partial charge < -0.3 is 24.4 Å². The van der Waals surface area contributed by atoms with Gasteiger partial charge in [0.15, 0.2) is 6.61 Å². The van der Waals surface area contributed by atoms with Crippen LogP contribution in [-0.4, -0.2) is 52.0 Å². The normalized spacial score (nSPS) is 28.1. The van der Waals surface area contributed by atoms with Gasteiger partial charge in [-0.1, -0.05) is 12.1 Å². The van der Waals surface area contributed by atoms with Gasteiger partial charge in [-0.25, -0.2) is 4.79 Å². The van der Waals surface area contributed by atoms with Crippen molar-refractivity contribution < 1.29 is 29.2 Å². The molecule has 2 aromatic rings. The van der Waals surface area contributed by atoms with Gasteiger partial charge in [-0.15, -0.1) is 0 Å². The number of likely N-dealkylation sites (tertiary alicyclic amines) is 1. The summed E-state index contributed by atoms with van der Waals surface area (Å²) < 4.78 is 18.4. The second kappa shape index (κ2) is 8.54. The van der Waals surface area contributed by atoms with E-state index in [0.717, 1.165) is 43.7 Å². The first-order chi connectivity index (χ1) is 15.8. The summed E-state index contributed by atoms with van der Waals surface area (Å²) in [6.45, 7) is 5.72. The zero-order valence-corrected chi connectivity index (χ0v) is 19.1. The van der Waals surface area contributed by atoms with Gasteiger partial charge in [0.05, 0.1) is 12.2 Å². The smallest absolute Gasteiger partial charge is 0.341 e. The van der Waals surface area contributed by atoms with Crippen LogP contribution in [0.3, 0.4) is 0 Å². The predicted octanol–water partition coefficient (Wildman–Crippen LogP) is 4.14. The van der Waals surface area contributed by atoms with Crippen molar-refractivity contribution in [1.82, 2.24) is 4.90 Å². The molecule has 7 nitrogen and oxygen atoms in total. The Hall–Kier alpha value is -2.77. The lowest BCUT2D eigenvalue weighted by atomic mass is 9.72. The number of nitrogens with zero attached hydrogens (tertiary/aromatic N) is 1. The van der Waals surface area contributed by atoms with Crippen LogP contribution in [0.25, 0.3) is 0 Å². The van der Waals surface area contributed by atoms with Crippen molar-refractivity contribution in [2.45, 2.75) is 63.5 Å². The standard InChI is InChI=1S/C26H31NO6/c1-26(2)20-13-21-22(32-25(20)19-10-7-17(28)12-23(19)33-26)4-3-11-27(21)14-16-5-8-18(9-6-16)31-15-24(29)30/h5-10,12,20-22,25,28H,3-4,11,13-15H2,1-2H3,(H,29,30)/t20-,21-,22-,25+/m0/s1. The van der Waals surface area contributed by atoms with E-state index in [4.69, 9.17) is 19.3 Å².